The molecule has 0 heterocycles. The molecule has 0 aliphatic carbocycles. The number of unbranched alkanes of at least 4 members (excludes halogenated alkanes) is 1. The lowest BCUT2D eigenvalue weighted by atomic mass is 9.94. The van der Waals surface area contributed by atoms with Gasteiger partial charge in [-0.2, -0.15) is 0 Å². The van der Waals surface area contributed by atoms with Crippen LogP contribution in [0.5, 0.6) is 0 Å². The van der Waals surface area contributed by atoms with Crippen molar-refractivity contribution in [3.8, 4) is 0 Å². The van der Waals surface area contributed by atoms with Crippen molar-refractivity contribution in [2.24, 2.45) is 5.92 Å². The molecule has 0 unspecified atom stereocenters. The van der Waals surface area contributed by atoms with Crippen LogP contribution < -0.4 is 0 Å². The van der Waals surface area contributed by atoms with E-state index in [-0.39, 0.29) is 6.10 Å². The van der Waals surface area contributed by atoms with Crippen LogP contribution in [0.2, 0.25) is 0 Å². The van der Waals surface area contributed by atoms with E-state index in [0.29, 0.717) is 12.5 Å². The Bertz CT molecular complexity index is 363. The Morgan fingerprint density at radius 3 is 2.47 bits per heavy atom. The highest BCUT2D eigenvalue weighted by atomic mass is 16.5. The molecule has 1 heteroatoms. The molecule has 0 aromatic heterocycles. The van der Waals surface area contributed by atoms with Crippen LogP contribution in [0.4, 0.5) is 0 Å². The Labute approximate surface area is 118 Å². The fourth-order valence-corrected chi connectivity index (χ4v) is 2.25. The Morgan fingerprint density at radius 2 is 1.89 bits per heavy atom. The van der Waals surface area contributed by atoms with Gasteiger partial charge in [0.1, 0.15) is 0 Å². The van der Waals surface area contributed by atoms with Gasteiger partial charge in [0.05, 0.1) is 12.7 Å². The molecule has 1 aromatic rings. The molecule has 0 fully saturated rings. The Hall–Kier alpha value is -1.08. The van der Waals surface area contributed by atoms with Gasteiger partial charge in [-0.3, -0.25) is 0 Å². The molecular weight excluding hydrogens is 232 g/mol. The molecule has 0 spiro atoms. The van der Waals surface area contributed by atoms with Crippen LogP contribution in [0.25, 0.3) is 0 Å². The summed E-state index contributed by atoms with van der Waals surface area (Å²) in [6.07, 6.45) is 6.39. The third kappa shape index (κ3) is 6.58. The topological polar surface area (TPSA) is 9.23 Å². The molecule has 1 rings (SSSR count). The molecule has 0 N–H and O–H groups in total. The minimum absolute atomic E-state index is 0.279. The highest BCUT2D eigenvalue weighted by Gasteiger charge is 2.15. The van der Waals surface area contributed by atoms with Gasteiger partial charge < -0.3 is 4.74 Å². The van der Waals surface area contributed by atoms with Crippen LogP contribution in [0.1, 0.15) is 52.5 Å². The van der Waals surface area contributed by atoms with Gasteiger partial charge in [-0.05, 0) is 32.8 Å². The lowest BCUT2D eigenvalue weighted by molar-refractivity contribution is 0.0234. The average molecular weight is 260 g/mol. The Balaban J connectivity index is 2.51. The van der Waals surface area contributed by atoms with Crippen LogP contribution in [-0.2, 0) is 11.3 Å². The van der Waals surface area contributed by atoms with E-state index >= 15 is 0 Å². The van der Waals surface area contributed by atoms with Crippen molar-refractivity contribution in [1.29, 1.82) is 0 Å². The highest BCUT2D eigenvalue weighted by Crippen LogP contribution is 2.20. The number of allylic oxidation sites excluding steroid dienone is 1. The zero-order chi connectivity index (χ0) is 14.1. The van der Waals surface area contributed by atoms with E-state index in [1.54, 1.807) is 0 Å². The van der Waals surface area contributed by atoms with Crippen LogP contribution in [0, 0.1) is 5.92 Å². The molecular formula is C18H28O. The summed E-state index contributed by atoms with van der Waals surface area (Å²) in [6.45, 7) is 9.49. The van der Waals surface area contributed by atoms with Crippen LogP contribution >= 0.6 is 0 Å². The molecule has 0 saturated heterocycles. The second-order valence-corrected chi connectivity index (χ2v) is 5.55. The van der Waals surface area contributed by atoms with Gasteiger partial charge in [-0.1, -0.05) is 61.7 Å². The summed E-state index contributed by atoms with van der Waals surface area (Å²) in [6, 6.07) is 10.4. The van der Waals surface area contributed by atoms with Crippen molar-refractivity contribution in [3.05, 3.63) is 47.5 Å². The second-order valence-electron chi connectivity index (χ2n) is 5.55. The Morgan fingerprint density at radius 1 is 1.21 bits per heavy atom. The minimum atomic E-state index is 0.279. The quantitative estimate of drug-likeness (QED) is 0.571. The van der Waals surface area contributed by atoms with Gasteiger partial charge in [0, 0.05) is 5.92 Å². The summed E-state index contributed by atoms with van der Waals surface area (Å²) in [5.41, 5.74) is 2.64. The number of benzene rings is 1. The van der Waals surface area contributed by atoms with Crippen LogP contribution in [0.3, 0.4) is 0 Å². The first-order chi connectivity index (χ1) is 9.13. The molecule has 0 saturated carbocycles. The first-order valence-electron chi connectivity index (χ1n) is 7.44. The van der Waals surface area contributed by atoms with Crippen molar-refractivity contribution in [1.82, 2.24) is 0 Å². The lowest BCUT2D eigenvalue weighted by Crippen LogP contribution is -2.19. The highest BCUT2D eigenvalue weighted by molar-refractivity contribution is 5.13. The number of hydrogen-bond donors (Lipinski definition) is 0. The number of hydrogen-bond acceptors (Lipinski definition) is 1. The summed E-state index contributed by atoms with van der Waals surface area (Å²) in [5.74, 6) is 0.536. The third-order valence-electron chi connectivity index (χ3n) is 3.40. The lowest BCUT2D eigenvalue weighted by Gasteiger charge is -2.22. The maximum absolute atomic E-state index is 6.04. The fraction of sp³-hybridized carbons (Fsp3) is 0.556. The van der Waals surface area contributed by atoms with E-state index in [1.165, 1.54) is 30.4 Å². The van der Waals surface area contributed by atoms with Gasteiger partial charge in [0.2, 0.25) is 0 Å². The molecule has 2 atom stereocenters. The van der Waals surface area contributed by atoms with E-state index in [4.69, 9.17) is 4.74 Å². The van der Waals surface area contributed by atoms with Crippen molar-refractivity contribution < 1.29 is 4.74 Å². The van der Waals surface area contributed by atoms with E-state index in [9.17, 15) is 0 Å². The SMILES string of the molecule is CCCC[C@@H](C=C(C)C)[C@H](C)OCc1ccccc1. The molecule has 0 aliphatic heterocycles. The summed E-state index contributed by atoms with van der Waals surface area (Å²) in [4.78, 5) is 0. The van der Waals surface area contributed by atoms with Crippen molar-refractivity contribution >= 4 is 0 Å². The zero-order valence-electron chi connectivity index (χ0n) is 12.9. The van der Waals surface area contributed by atoms with E-state index in [1.807, 2.05) is 6.07 Å². The maximum Gasteiger partial charge on any atom is 0.0720 e. The van der Waals surface area contributed by atoms with Gasteiger partial charge >= 0.3 is 0 Å². The molecule has 0 aliphatic rings. The van der Waals surface area contributed by atoms with Gasteiger partial charge in [0.15, 0.2) is 0 Å². The summed E-state index contributed by atoms with van der Waals surface area (Å²) in [5, 5.41) is 0. The van der Waals surface area contributed by atoms with Gasteiger partial charge in [-0.25, -0.2) is 0 Å². The summed E-state index contributed by atoms with van der Waals surface area (Å²) < 4.78 is 6.04. The zero-order valence-corrected chi connectivity index (χ0v) is 12.9. The maximum atomic E-state index is 6.04. The molecule has 1 nitrogen and oxygen atoms in total. The monoisotopic (exact) mass is 260 g/mol. The number of rotatable bonds is 8. The average Bonchev–Trinajstić information content (AvgIpc) is 2.41. The fourth-order valence-electron chi connectivity index (χ4n) is 2.25. The minimum Gasteiger partial charge on any atom is -0.373 e. The first-order valence-corrected chi connectivity index (χ1v) is 7.44. The molecule has 19 heavy (non-hydrogen) atoms. The van der Waals surface area contributed by atoms with E-state index < -0.39 is 0 Å². The Kier molecular flexibility index (Phi) is 7.50. The third-order valence-corrected chi connectivity index (χ3v) is 3.40. The predicted molar refractivity (Wildman–Crippen MR) is 83.1 cm³/mol. The van der Waals surface area contributed by atoms with Crippen molar-refractivity contribution in [2.45, 2.75) is 59.7 Å². The normalized spacial score (nSPS) is 13.9. The predicted octanol–water partition coefficient (Wildman–Crippen LogP) is 5.36. The molecule has 0 bridgehead atoms. The largest absolute Gasteiger partial charge is 0.373 e. The second kappa shape index (κ2) is 8.92. The van der Waals surface area contributed by atoms with Crippen LogP contribution in [-0.4, -0.2) is 6.10 Å². The van der Waals surface area contributed by atoms with E-state index in [2.05, 4.69) is 58.0 Å². The standard InChI is InChI=1S/C18H28O/c1-5-6-12-18(13-15(2)3)16(4)19-14-17-10-8-7-9-11-17/h7-11,13,16,18H,5-6,12,14H2,1-4H3/t16-,18-/m0/s1. The van der Waals surface area contributed by atoms with Crippen LogP contribution in [0.15, 0.2) is 42.0 Å². The molecule has 106 valence electrons. The van der Waals surface area contributed by atoms with E-state index in [0.717, 1.165) is 0 Å². The van der Waals surface area contributed by atoms with Gasteiger partial charge in [-0.15, -0.1) is 0 Å². The molecule has 1 aromatic carbocycles. The first kappa shape index (κ1) is 16.0. The molecule has 0 amide bonds. The summed E-state index contributed by atoms with van der Waals surface area (Å²) in [7, 11) is 0. The summed E-state index contributed by atoms with van der Waals surface area (Å²) >= 11 is 0. The molecule has 0 radical (unpaired) electrons. The smallest absolute Gasteiger partial charge is 0.0720 e. The van der Waals surface area contributed by atoms with Crippen molar-refractivity contribution in [2.75, 3.05) is 0 Å². The van der Waals surface area contributed by atoms with Gasteiger partial charge in [0.25, 0.3) is 0 Å². The number of ether oxygens (including phenoxy) is 1. The van der Waals surface area contributed by atoms with Crippen molar-refractivity contribution in [3.63, 3.8) is 0 Å².